The third kappa shape index (κ3) is 4.36. The van der Waals surface area contributed by atoms with Crippen molar-refractivity contribution in [2.45, 2.75) is 37.2 Å². The number of imidazole rings is 1. The zero-order valence-electron chi connectivity index (χ0n) is 17.6. The maximum Gasteiger partial charge on any atom is 0.348 e. The largest absolute Gasteiger partial charge is 0.479 e. The molecule has 1 aliphatic heterocycles. The summed E-state index contributed by atoms with van der Waals surface area (Å²) < 4.78 is 13.1. The van der Waals surface area contributed by atoms with E-state index >= 15 is 0 Å². The van der Waals surface area contributed by atoms with Crippen LogP contribution in [0, 0.1) is 11.3 Å². The van der Waals surface area contributed by atoms with Crippen LogP contribution in [-0.4, -0.2) is 60.0 Å². The van der Waals surface area contributed by atoms with Crippen molar-refractivity contribution in [1.82, 2.24) is 19.5 Å². The van der Waals surface area contributed by atoms with Crippen LogP contribution in [0.15, 0.2) is 30.6 Å². The van der Waals surface area contributed by atoms with E-state index in [1.165, 1.54) is 30.6 Å². The molecular weight excluding hydrogens is 468 g/mol. The predicted octanol–water partition coefficient (Wildman–Crippen LogP) is 1.78. The minimum absolute atomic E-state index is 0.0415. The number of carbonyl (C=O) groups is 2. The van der Waals surface area contributed by atoms with Gasteiger partial charge in [0, 0.05) is 6.42 Å². The molecule has 12 nitrogen and oxygen atoms in total. The number of hydrogen-bond acceptors (Lipinski definition) is 9. The van der Waals surface area contributed by atoms with Gasteiger partial charge in [0.15, 0.2) is 11.5 Å². The van der Waals surface area contributed by atoms with Crippen molar-refractivity contribution in [3.63, 3.8) is 0 Å². The number of benzene rings is 1. The molecule has 4 rings (SSSR count). The van der Waals surface area contributed by atoms with Gasteiger partial charge in [-0.15, -0.1) is 0 Å². The lowest BCUT2D eigenvalue weighted by atomic mass is 9.93. The van der Waals surface area contributed by atoms with Crippen molar-refractivity contribution in [1.29, 1.82) is 5.26 Å². The fraction of sp³-hybridized carbons (Fsp3) is 0.333. The lowest BCUT2D eigenvalue weighted by molar-refractivity contribution is -0.188. The topological polar surface area (TPSA) is 186 Å². The lowest BCUT2D eigenvalue weighted by Crippen LogP contribution is -2.52. The molecular formula is C21H19ClN6O6. The monoisotopic (exact) mass is 486 g/mol. The summed E-state index contributed by atoms with van der Waals surface area (Å²) >= 11 is 5.90. The first-order valence-corrected chi connectivity index (χ1v) is 10.5. The molecule has 3 heterocycles. The molecule has 0 radical (unpaired) electrons. The number of carboxylic acids is 2. The summed E-state index contributed by atoms with van der Waals surface area (Å²) in [5, 5.41) is 28.4. The minimum Gasteiger partial charge on any atom is -0.479 e. The van der Waals surface area contributed by atoms with Gasteiger partial charge in [-0.1, -0.05) is 12.1 Å². The molecule has 3 aromatic rings. The molecule has 4 N–H and O–H groups in total. The number of aromatic nitrogens is 4. The van der Waals surface area contributed by atoms with Crippen LogP contribution >= 0.6 is 11.6 Å². The van der Waals surface area contributed by atoms with E-state index in [4.69, 9.17) is 32.1 Å². The summed E-state index contributed by atoms with van der Waals surface area (Å²) in [5.74, 6) is -3.15. The number of hydrogen-bond donors (Lipinski definition) is 3. The summed E-state index contributed by atoms with van der Waals surface area (Å²) in [5.41, 5.74) is 4.82. The quantitative estimate of drug-likeness (QED) is 0.311. The Balaban J connectivity index is 1.49. The van der Waals surface area contributed by atoms with E-state index in [9.17, 15) is 19.8 Å². The van der Waals surface area contributed by atoms with E-state index < -0.39 is 36.3 Å². The molecule has 2 unspecified atom stereocenters. The fourth-order valence-corrected chi connectivity index (χ4v) is 3.94. The van der Waals surface area contributed by atoms with Gasteiger partial charge < -0.3 is 25.4 Å². The number of nitrogens with two attached hydrogens (primary N) is 1. The van der Waals surface area contributed by atoms with E-state index in [-0.39, 0.29) is 17.7 Å². The number of nitriles is 1. The predicted molar refractivity (Wildman–Crippen MR) is 117 cm³/mol. The Morgan fingerprint density at radius 3 is 2.62 bits per heavy atom. The van der Waals surface area contributed by atoms with Gasteiger partial charge in [0.1, 0.15) is 11.7 Å². The van der Waals surface area contributed by atoms with Gasteiger partial charge in [-0.25, -0.2) is 14.6 Å². The fourth-order valence-electron chi connectivity index (χ4n) is 3.77. The van der Waals surface area contributed by atoms with E-state index in [0.29, 0.717) is 35.1 Å². The van der Waals surface area contributed by atoms with E-state index in [1.807, 2.05) is 6.07 Å². The summed E-state index contributed by atoms with van der Waals surface area (Å²) in [6.07, 6.45) is 0.973. The highest BCUT2D eigenvalue weighted by molar-refractivity contribution is 6.28. The number of halogens is 1. The van der Waals surface area contributed by atoms with Crippen LogP contribution in [0.4, 0.5) is 5.82 Å². The first-order valence-electron chi connectivity index (χ1n) is 10.1. The molecule has 0 amide bonds. The van der Waals surface area contributed by atoms with Crippen LogP contribution in [0.25, 0.3) is 11.2 Å². The standard InChI is InChI=1S/C21H19ClN6O6/c22-20-26-16(24)15-17(27-20)28(10-25-15)14-6-5-13(34-14)9-33-21(18(29)30,19(31)32)7-11-1-3-12(8-23)4-2-11/h1-4,10,13-14H,5-7,9H2,(H,29,30)(H,31,32)(H2,24,26,27). The molecule has 0 bridgehead atoms. The number of nitrogen functional groups attached to an aromatic ring is 1. The van der Waals surface area contributed by atoms with Crippen molar-refractivity contribution in [2.24, 2.45) is 0 Å². The maximum atomic E-state index is 12.0. The van der Waals surface area contributed by atoms with E-state index in [1.54, 1.807) is 4.57 Å². The third-order valence-electron chi connectivity index (χ3n) is 5.56. The molecule has 34 heavy (non-hydrogen) atoms. The van der Waals surface area contributed by atoms with Crippen LogP contribution in [-0.2, 0) is 25.5 Å². The Hall–Kier alpha value is -3.79. The van der Waals surface area contributed by atoms with Gasteiger partial charge in [0.25, 0.3) is 5.60 Å². The van der Waals surface area contributed by atoms with Gasteiger partial charge in [-0.3, -0.25) is 4.57 Å². The van der Waals surface area contributed by atoms with Crippen molar-refractivity contribution < 1.29 is 29.3 Å². The number of rotatable bonds is 8. The summed E-state index contributed by atoms with van der Waals surface area (Å²) in [6, 6.07) is 7.89. The second kappa shape index (κ2) is 9.22. The molecule has 2 aromatic heterocycles. The Labute approximate surface area is 197 Å². The number of aliphatic carboxylic acids is 2. The highest BCUT2D eigenvalue weighted by Gasteiger charge is 2.49. The third-order valence-corrected chi connectivity index (χ3v) is 5.73. The SMILES string of the molecule is N#Cc1ccc(CC(OCC2CCC(n3cnc4c(N)nc(Cl)nc43)O2)(C(=O)O)C(=O)O)cc1. The lowest BCUT2D eigenvalue weighted by Gasteiger charge is -2.27. The number of carboxylic acid groups (broad SMARTS) is 2. The van der Waals surface area contributed by atoms with Gasteiger partial charge in [-0.2, -0.15) is 15.2 Å². The number of nitrogens with zero attached hydrogens (tertiary/aromatic N) is 5. The first kappa shape index (κ1) is 23.4. The molecule has 0 spiro atoms. The number of anilines is 1. The molecule has 1 aliphatic rings. The van der Waals surface area contributed by atoms with Crippen LogP contribution in [0.2, 0.25) is 5.28 Å². The van der Waals surface area contributed by atoms with Crippen molar-refractivity contribution in [3.8, 4) is 6.07 Å². The Bertz CT molecular complexity index is 1270. The normalized spacial score (nSPS) is 18.1. The van der Waals surface area contributed by atoms with Gasteiger partial charge in [-0.05, 0) is 42.1 Å². The molecule has 0 aliphatic carbocycles. The maximum absolute atomic E-state index is 12.0. The first-order chi connectivity index (χ1) is 16.2. The zero-order valence-corrected chi connectivity index (χ0v) is 18.3. The van der Waals surface area contributed by atoms with Crippen LogP contribution in [0.3, 0.4) is 0 Å². The average Bonchev–Trinajstić information content (AvgIpc) is 3.43. The second-order valence-electron chi connectivity index (χ2n) is 7.73. The molecule has 0 saturated carbocycles. The Morgan fingerprint density at radius 1 is 1.26 bits per heavy atom. The molecule has 1 saturated heterocycles. The molecule has 176 valence electrons. The summed E-state index contributed by atoms with van der Waals surface area (Å²) in [6.45, 7) is -0.268. The molecule has 2 atom stereocenters. The van der Waals surface area contributed by atoms with E-state index in [2.05, 4.69) is 15.0 Å². The van der Waals surface area contributed by atoms with Crippen molar-refractivity contribution >= 4 is 40.5 Å². The van der Waals surface area contributed by atoms with Crippen LogP contribution in [0.1, 0.15) is 30.2 Å². The van der Waals surface area contributed by atoms with Crippen LogP contribution < -0.4 is 5.73 Å². The van der Waals surface area contributed by atoms with Gasteiger partial charge >= 0.3 is 11.9 Å². The van der Waals surface area contributed by atoms with E-state index in [0.717, 1.165) is 0 Å². The smallest absolute Gasteiger partial charge is 0.348 e. The summed E-state index contributed by atoms with van der Waals surface area (Å²) in [4.78, 5) is 36.2. The second-order valence-corrected chi connectivity index (χ2v) is 8.06. The summed E-state index contributed by atoms with van der Waals surface area (Å²) in [7, 11) is 0. The van der Waals surface area contributed by atoms with Gasteiger partial charge in [0.05, 0.1) is 30.7 Å². The van der Waals surface area contributed by atoms with Gasteiger partial charge in [0.2, 0.25) is 5.28 Å². The highest BCUT2D eigenvalue weighted by Crippen LogP contribution is 2.32. The molecule has 1 fully saturated rings. The molecule has 1 aromatic carbocycles. The zero-order chi connectivity index (χ0) is 24.5. The Morgan fingerprint density at radius 2 is 1.97 bits per heavy atom. The van der Waals surface area contributed by atoms with Crippen molar-refractivity contribution in [2.75, 3.05) is 12.3 Å². The highest BCUT2D eigenvalue weighted by atomic mass is 35.5. The minimum atomic E-state index is -2.52. The molecule has 13 heteroatoms. The number of ether oxygens (including phenoxy) is 2. The number of fused-ring (bicyclic) bond motifs is 1. The van der Waals surface area contributed by atoms with Crippen molar-refractivity contribution in [3.05, 3.63) is 47.0 Å². The average molecular weight is 487 g/mol. The Kier molecular flexibility index (Phi) is 6.34. The van der Waals surface area contributed by atoms with Crippen LogP contribution in [0.5, 0.6) is 0 Å².